The summed E-state index contributed by atoms with van der Waals surface area (Å²) in [7, 11) is 0.963. The molecule has 3 rings (SSSR count). The second-order valence-corrected chi connectivity index (χ2v) is 8.19. The zero-order valence-corrected chi connectivity index (χ0v) is 16.0. The number of allylic oxidation sites excluding steroid dienone is 1. The number of hydrogen-bond acceptors (Lipinski definition) is 5. The Morgan fingerprint density at radius 1 is 1.11 bits per heavy atom. The zero-order valence-electron chi connectivity index (χ0n) is 15.2. The van der Waals surface area contributed by atoms with E-state index in [4.69, 9.17) is 9.15 Å². The van der Waals surface area contributed by atoms with Gasteiger partial charge in [-0.25, -0.2) is 12.7 Å². The number of benzene rings is 2. The van der Waals surface area contributed by atoms with Crippen LogP contribution in [0.15, 0.2) is 63.9 Å². The van der Waals surface area contributed by atoms with Crippen molar-refractivity contribution in [3.05, 3.63) is 65.9 Å². The molecule has 0 atom stereocenters. The monoisotopic (exact) mass is 385 g/mol. The van der Waals surface area contributed by atoms with Crippen LogP contribution in [0.25, 0.3) is 17.0 Å². The Balaban J connectivity index is 1.81. The van der Waals surface area contributed by atoms with Gasteiger partial charge in [0, 0.05) is 25.0 Å². The van der Waals surface area contributed by atoms with E-state index in [1.54, 1.807) is 19.3 Å². The first-order chi connectivity index (χ1) is 12.8. The van der Waals surface area contributed by atoms with Crippen molar-refractivity contribution in [2.24, 2.45) is 0 Å². The highest BCUT2D eigenvalue weighted by Crippen LogP contribution is 2.29. The van der Waals surface area contributed by atoms with Crippen LogP contribution in [-0.2, 0) is 10.0 Å². The molecule has 6 nitrogen and oxygen atoms in total. The van der Waals surface area contributed by atoms with E-state index >= 15 is 0 Å². The molecule has 0 saturated heterocycles. The summed E-state index contributed by atoms with van der Waals surface area (Å²) >= 11 is 0. The first kappa shape index (κ1) is 18.9. The molecule has 3 aromatic rings. The van der Waals surface area contributed by atoms with E-state index in [0.29, 0.717) is 22.7 Å². The number of nitrogens with zero attached hydrogens (tertiary/aromatic N) is 1. The van der Waals surface area contributed by atoms with Gasteiger partial charge in [-0.05, 0) is 48.6 Å². The van der Waals surface area contributed by atoms with Gasteiger partial charge >= 0.3 is 0 Å². The number of methoxy groups -OCH3 is 1. The van der Waals surface area contributed by atoms with Crippen molar-refractivity contribution in [3.8, 4) is 5.75 Å². The van der Waals surface area contributed by atoms with Crippen LogP contribution in [0, 0.1) is 0 Å². The van der Waals surface area contributed by atoms with Crippen molar-refractivity contribution < 1.29 is 22.4 Å². The maximum absolute atomic E-state index is 12.3. The number of fused-ring (bicyclic) bond motifs is 1. The summed E-state index contributed by atoms with van der Waals surface area (Å²) < 4.78 is 36.2. The summed E-state index contributed by atoms with van der Waals surface area (Å²) in [6, 6.07) is 13.2. The molecule has 140 valence electrons. The van der Waals surface area contributed by atoms with E-state index in [1.165, 1.54) is 44.4 Å². The zero-order chi connectivity index (χ0) is 19.6. The number of rotatable bonds is 6. The largest absolute Gasteiger partial charge is 0.493 e. The molecule has 0 aliphatic carbocycles. The molecule has 0 radical (unpaired) electrons. The molecule has 27 heavy (non-hydrogen) atoms. The standard InChI is InChI=1S/C20H19NO5S/c1-21(2)27(23,24)17-10-7-14(8-11-17)18(22)12-9-16-13-15-5-4-6-19(25-3)20(15)26-16/h4-13H,1-3H3/b12-9+. The predicted molar refractivity (Wildman–Crippen MR) is 103 cm³/mol. The minimum Gasteiger partial charge on any atom is -0.493 e. The fourth-order valence-corrected chi connectivity index (χ4v) is 3.46. The van der Waals surface area contributed by atoms with Crippen LogP contribution in [0.2, 0.25) is 0 Å². The highest BCUT2D eigenvalue weighted by molar-refractivity contribution is 7.89. The number of ether oxygens (including phenoxy) is 1. The molecule has 1 heterocycles. The Hall–Kier alpha value is -2.90. The number of hydrogen-bond donors (Lipinski definition) is 0. The van der Waals surface area contributed by atoms with Gasteiger partial charge < -0.3 is 9.15 Å². The first-order valence-electron chi connectivity index (χ1n) is 8.14. The van der Waals surface area contributed by atoms with Crippen LogP contribution in [0.5, 0.6) is 5.75 Å². The van der Waals surface area contributed by atoms with Crippen LogP contribution >= 0.6 is 0 Å². The number of sulfonamides is 1. The molecule has 1 aromatic heterocycles. The van der Waals surface area contributed by atoms with Gasteiger partial charge in [0.05, 0.1) is 12.0 Å². The lowest BCUT2D eigenvalue weighted by Crippen LogP contribution is -2.22. The second kappa shape index (κ2) is 7.38. The third-order valence-corrected chi connectivity index (χ3v) is 5.89. The lowest BCUT2D eigenvalue weighted by molar-refractivity contribution is 0.104. The third-order valence-electron chi connectivity index (χ3n) is 4.06. The highest BCUT2D eigenvalue weighted by Gasteiger charge is 2.17. The quantitative estimate of drug-likeness (QED) is 0.479. The number of carbonyl (C=O) groups excluding carboxylic acids is 1. The van der Waals surface area contributed by atoms with Gasteiger partial charge in [0.1, 0.15) is 5.76 Å². The Bertz CT molecular complexity index is 1110. The smallest absolute Gasteiger partial charge is 0.242 e. The van der Waals surface area contributed by atoms with Crippen LogP contribution in [-0.4, -0.2) is 39.7 Å². The van der Waals surface area contributed by atoms with Crippen molar-refractivity contribution in [3.63, 3.8) is 0 Å². The molecule has 2 aromatic carbocycles. The van der Waals surface area contributed by atoms with Gasteiger partial charge in [-0.15, -0.1) is 0 Å². The van der Waals surface area contributed by atoms with Crippen LogP contribution in [0.1, 0.15) is 16.1 Å². The summed E-state index contributed by atoms with van der Waals surface area (Å²) in [6.07, 6.45) is 2.96. The van der Waals surface area contributed by atoms with E-state index in [9.17, 15) is 13.2 Å². The van der Waals surface area contributed by atoms with Crippen molar-refractivity contribution in [1.29, 1.82) is 0 Å². The Morgan fingerprint density at radius 3 is 2.44 bits per heavy atom. The number of para-hydroxylation sites is 1. The van der Waals surface area contributed by atoms with Crippen LogP contribution in [0.3, 0.4) is 0 Å². The van der Waals surface area contributed by atoms with E-state index in [1.807, 2.05) is 18.2 Å². The summed E-state index contributed by atoms with van der Waals surface area (Å²) in [5.41, 5.74) is 1.00. The molecule has 0 bridgehead atoms. The van der Waals surface area contributed by atoms with Crippen molar-refractivity contribution in [1.82, 2.24) is 4.31 Å². The van der Waals surface area contributed by atoms with E-state index < -0.39 is 10.0 Å². The summed E-state index contributed by atoms with van der Waals surface area (Å²) in [6.45, 7) is 0. The van der Waals surface area contributed by atoms with Crippen molar-refractivity contribution >= 4 is 32.9 Å². The summed E-state index contributed by atoms with van der Waals surface area (Å²) in [5.74, 6) is 0.891. The van der Waals surface area contributed by atoms with E-state index in [-0.39, 0.29) is 10.7 Å². The molecule has 0 spiro atoms. The molecule has 0 N–H and O–H groups in total. The van der Waals surface area contributed by atoms with Crippen LogP contribution < -0.4 is 4.74 Å². The molecule has 0 amide bonds. The van der Waals surface area contributed by atoms with Gasteiger partial charge in [-0.2, -0.15) is 0 Å². The average Bonchev–Trinajstić information content (AvgIpc) is 3.09. The second-order valence-electron chi connectivity index (χ2n) is 6.04. The molecule has 0 fully saturated rings. The van der Waals surface area contributed by atoms with Gasteiger partial charge in [-0.3, -0.25) is 4.79 Å². The van der Waals surface area contributed by atoms with E-state index in [0.717, 1.165) is 9.69 Å². The van der Waals surface area contributed by atoms with Gasteiger partial charge in [0.2, 0.25) is 10.0 Å². The summed E-state index contributed by atoms with van der Waals surface area (Å²) in [5, 5.41) is 0.875. The fraction of sp³-hybridized carbons (Fsp3) is 0.150. The number of furan rings is 1. The molecular weight excluding hydrogens is 366 g/mol. The minimum atomic E-state index is -3.52. The average molecular weight is 385 g/mol. The van der Waals surface area contributed by atoms with Crippen molar-refractivity contribution in [2.45, 2.75) is 4.90 Å². The number of carbonyl (C=O) groups is 1. The maximum atomic E-state index is 12.3. The Morgan fingerprint density at radius 2 is 1.81 bits per heavy atom. The molecular formula is C20H19NO5S. The van der Waals surface area contributed by atoms with Gasteiger partial charge in [0.25, 0.3) is 0 Å². The maximum Gasteiger partial charge on any atom is 0.242 e. The van der Waals surface area contributed by atoms with Gasteiger partial charge in [0.15, 0.2) is 17.1 Å². The molecule has 0 saturated carbocycles. The predicted octanol–water partition coefficient (Wildman–Crippen LogP) is 3.59. The summed E-state index contributed by atoms with van der Waals surface area (Å²) in [4.78, 5) is 12.5. The molecule has 0 aliphatic heterocycles. The van der Waals surface area contributed by atoms with Crippen molar-refractivity contribution in [2.75, 3.05) is 21.2 Å². The van der Waals surface area contributed by atoms with Crippen LogP contribution in [0.4, 0.5) is 0 Å². The topological polar surface area (TPSA) is 76.8 Å². The molecule has 0 unspecified atom stereocenters. The SMILES string of the molecule is COc1cccc2cc(/C=C/C(=O)c3ccc(S(=O)(=O)N(C)C)cc3)oc12. The fourth-order valence-electron chi connectivity index (χ4n) is 2.56. The normalized spacial score (nSPS) is 12.1. The third kappa shape index (κ3) is 3.79. The van der Waals surface area contributed by atoms with Gasteiger partial charge in [-0.1, -0.05) is 12.1 Å². The lowest BCUT2D eigenvalue weighted by atomic mass is 10.1. The Labute approximate surface area is 157 Å². The lowest BCUT2D eigenvalue weighted by Gasteiger charge is -2.11. The Kier molecular flexibility index (Phi) is 5.16. The molecule has 7 heteroatoms. The van der Waals surface area contributed by atoms with E-state index in [2.05, 4.69) is 0 Å². The first-order valence-corrected chi connectivity index (χ1v) is 9.58. The number of ketones is 1. The minimum absolute atomic E-state index is 0.136. The highest BCUT2D eigenvalue weighted by atomic mass is 32.2. The molecule has 0 aliphatic rings.